The summed E-state index contributed by atoms with van der Waals surface area (Å²) in [6.45, 7) is 5.01. The fraction of sp³-hybridized carbons (Fsp3) is 0.571. The molecule has 2 nitrogen and oxygen atoms in total. The van der Waals surface area contributed by atoms with Crippen LogP contribution in [-0.4, -0.2) is 31.1 Å². The predicted molar refractivity (Wildman–Crippen MR) is 68.3 cm³/mol. The van der Waals surface area contributed by atoms with Crippen LogP contribution >= 0.6 is 0 Å². The van der Waals surface area contributed by atoms with Gasteiger partial charge in [-0.1, -0.05) is 18.2 Å². The highest BCUT2D eigenvalue weighted by Crippen LogP contribution is 2.20. The van der Waals surface area contributed by atoms with Crippen LogP contribution in [0.25, 0.3) is 0 Å². The molecule has 0 aromatic heterocycles. The smallest absolute Gasteiger partial charge is 0.127 e. The summed E-state index contributed by atoms with van der Waals surface area (Å²) in [4.78, 5) is 2.38. The average Bonchev–Trinajstić information content (AvgIpc) is 2.61. The van der Waals surface area contributed by atoms with Gasteiger partial charge in [-0.3, -0.25) is 0 Å². The first-order valence-corrected chi connectivity index (χ1v) is 6.31. The molecule has 1 saturated heterocycles. The summed E-state index contributed by atoms with van der Waals surface area (Å²) in [6.07, 6.45) is 1.24. The third kappa shape index (κ3) is 3.27. The fourth-order valence-electron chi connectivity index (χ4n) is 2.52. The van der Waals surface area contributed by atoms with Gasteiger partial charge in [0.05, 0.1) is 0 Å². The molecule has 1 aliphatic rings. The van der Waals surface area contributed by atoms with E-state index in [1.807, 2.05) is 12.1 Å². The van der Waals surface area contributed by atoms with Gasteiger partial charge >= 0.3 is 0 Å². The molecule has 0 aliphatic carbocycles. The van der Waals surface area contributed by atoms with Gasteiger partial charge in [0.25, 0.3) is 0 Å². The maximum absolute atomic E-state index is 13.4. The van der Waals surface area contributed by atoms with Crippen LogP contribution in [0, 0.1) is 11.7 Å². The van der Waals surface area contributed by atoms with Gasteiger partial charge in [0, 0.05) is 24.7 Å². The van der Waals surface area contributed by atoms with Crippen molar-refractivity contribution in [2.75, 3.05) is 20.1 Å². The van der Waals surface area contributed by atoms with E-state index >= 15 is 0 Å². The molecule has 1 aromatic carbocycles. The molecule has 0 spiro atoms. The molecule has 0 bridgehead atoms. The number of nitrogens with zero attached hydrogens (tertiary/aromatic N) is 1. The van der Waals surface area contributed by atoms with Crippen molar-refractivity contribution in [3.05, 3.63) is 35.6 Å². The second-order valence-electron chi connectivity index (χ2n) is 5.11. The van der Waals surface area contributed by atoms with Crippen molar-refractivity contribution in [1.82, 2.24) is 10.2 Å². The molecule has 0 amide bonds. The Kier molecular flexibility index (Phi) is 4.13. The van der Waals surface area contributed by atoms with Gasteiger partial charge in [-0.15, -0.1) is 0 Å². The molecule has 1 heterocycles. The summed E-state index contributed by atoms with van der Waals surface area (Å²) in [5.74, 6) is 0.582. The number of nitrogens with one attached hydrogen (secondary N) is 1. The summed E-state index contributed by atoms with van der Waals surface area (Å²) >= 11 is 0. The summed E-state index contributed by atoms with van der Waals surface area (Å²) in [5.41, 5.74) is 0.756. The van der Waals surface area contributed by atoms with E-state index in [-0.39, 0.29) is 5.82 Å². The third-order valence-electron chi connectivity index (χ3n) is 3.68. The van der Waals surface area contributed by atoms with Crippen LogP contribution in [0.1, 0.15) is 18.9 Å². The van der Waals surface area contributed by atoms with Crippen LogP contribution in [0.3, 0.4) is 0 Å². The molecule has 17 heavy (non-hydrogen) atoms. The van der Waals surface area contributed by atoms with E-state index in [2.05, 4.69) is 24.2 Å². The van der Waals surface area contributed by atoms with Gasteiger partial charge in [-0.05, 0) is 38.9 Å². The van der Waals surface area contributed by atoms with Gasteiger partial charge in [0.2, 0.25) is 0 Å². The minimum atomic E-state index is -0.114. The van der Waals surface area contributed by atoms with E-state index < -0.39 is 0 Å². The zero-order chi connectivity index (χ0) is 12.3. The Morgan fingerprint density at radius 3 is 2.82 bits per heavy atom. The number of halogens is 1. The monoisotopic (exact) mass is 236 g/mol. The first-order chi connectivity index (χ1) is 8.16. The summed E-state index contributed by atoms with van der Waals surface area (Å²) in [5, 5.41) is 3.36. The normalized spacial score (nSPS) is 25.4. The van der Waals surface area contributed by atoms with Crippen LogP contribution in [0.2, 0.25) is 0 Å². The van der Waals surface area contributed by atoms with Gasteiger partial charge in [0.1, 0.15) is 5.82 Å². The SMILES string of the molecule is CC1CC(CNCc2ccccc2F)CN1C. The highest BCUT2D eigenvalue weighted by Gasteiger charge is 2.25. The number of likely N-dealkylation sites (tertiary alicyclic amines) is 1. The minimum absolute atomic E-state index is 0.114. The highest BCUT2D eigenvalue weighted by atomic mass is 19.1. The van der Waals surface area contributed by atoms with Crippen LogP contribution < -0.4 is 5.32 Å². The van der Waals surface area contributed by atoms with E-state index in [0.29, 0.717) is 18.5 Å². The van der Waals surface area contributed by atoms with Crippen molar-refractivity contribution < 1.29 is 4.39 Å². The molecule has 0 saturated carbocycles. The Morgan fingerprint density at radius 2 is 2.18 bits per heavy atom. The molecule has 1 fully saturated rings. The zero-order valence-corrected chi connectivity index (χ0v) is 10.6. The number of hydrogen-bond acceptors (Lipinski definition) is 2. The van der Waals surface area contributed by atoms with Crippen molar-refractivity contribution in [2.45, 2.75) is 25.9 Å². The lowest BCUT2D eigenvalue weighted by Gasteiger charge is -2.13. The molecule has 1 N–H and O–H groups in total. The van der Waals surface area contributed by atoms with Crippen LogP contribution in [0.5, 0.6) is 0 Å². The first-order valence-electron chi connectivity index (χ1n) is 6.31. The molecule has 2 atom stereocenters. The summed E-state index contributed by atoms with van der Waals surface area (Å²) in [7, 11) is 2.17. The Labute approximate surface area is 103 Å². The van der Waals surface area contributed by atoms with Crippen molar-refractivity contribution in [2.24, 2.45) is 5.92 Å². The van der Waals surface area contributed by atoms with Crippen LogP contribution in [0.15, 0.2) is 24.3 Å². The molecule has 2 rings (SSSR count). The maximum Gasteiger partial charge on any atom is 0.127 e. The van der Waals surface area contributed by atoms with Gasteiger partial charge in [0.15, 0.2) is 0 Å². The zero-order valence-electron chi connectivity index (χ0n) is 10.6. The van der Waals surface area contributed by atoms with E-state index in [0.717, 1.165) is 18.7 Å². The lowest BCUT2D eigenvalue weighted by molar-refractivity contribution is 0.324. The summed E-state index contributed by atoms with van der Waals surface area (Å²) < 4.78 is 13.4. The molecule has 2 unspecified atom stereocenters. The number of rotatable bonds is 4. The van der Waals surface area contributed by atoms with E-state index in [9.17, 15) is 4.39 Å². The van der Waals surface area contributed by atoms with Crippen LogP contribution in [0.4, 0.5) is 4.39 Å². The molecule has 1 aromatic rings. The van der Waals surface area contributed by atoms with E-state index in [1.54, 1.807) is 6.07 Å². The van der Waals surface area contributed by atoms with Crippen molar-refractivity contribution >= 4 is 0 Å². The fourth-order valence-corrected chi connectivity index (χ4v) is 2.52. The standard InChI is InChI=1S/C14H21FN2/c1-11-7-12(10-17(11)2)8-16-9-13-5-3-4-6-14(13)15/h3-6,11-12,16H,7-10H2,1-2H3. The van der Waals surface area contributed by atoms with Crippen LogP contribution in [-0.2, 0) is 6.54 Å². The molecule has 1 aliphatic heterocycles. The second-order valence-corrected chi connectivity index (χ2v) is 5.11. The van der Waals surface area contributed by atoms with Gasteiger partial charge in [-0.25, -0.2) is 4.39 Å². The van der Waals surface area contributed by atoms with Gasteiger partial charge in [-0.2, -0.15) is 0 Å². The number of hydrogen-bond donors (Lipinski definition) is 1. The highest BCUT2D eigenvalue weighted by molar-refractivity contribution is 5.16. The van der Waals surface area contributed by atoms with Gasteiger partial charge < -0.3 is 10.2 Å². The summed E-state index contributed by atoms with van der Waals surface area (Å²) in [6, 6.07) is 7.64. The molecular formula is C14H21FN2. The van der Waals surface area contributed by atoms with Crippen molar-refractivity contribution in [1.29, 1.82) is 0 Å². The maximum atomic E-state index is 13.4. The largest absolute Gasteiger partial charge is 0.312 e. The lowest BCUT2D eigenvalue weighted by atomic mass is 10.1. The molecular weight excluding hydrogens is 215 g/mol. The number of benzene rings is 1. The average molecular weight is 236 g/mol. The predicted octanol–water partition coefficient (Wildman–Crippen LogP) is 2.26. The molecule has 94 valence electrons. The minimum Gasteiger partial charge on any atom is -0.312 e. The Bertz CT molecular complexity index is 357. The van der Waals surface area contributed by atoms with E-state index in [4.69, 9.17) is 0 Å². The Morgan fingerprint density at radius 1 is 1.41 bits per heavy atom. The third-order valence-corrected chi connectivity index (χ3v) is 3.68. The lowest BCUT2D eigenvalue weighted by Crippen LogP contribution is -2.25. The van der Waals surface area contributed by atoms with Crippen molar-refractivity contribution in [3.8, 4) is 0 Å². The Hall–Kier alpha value is -0.930. The van der Waals surface area contributed by atoms with E-state index in [1.165, 1.54) is 12.5 Å². The second kappa shape index (κ2) is 5.61. The molecule has 3 heteroatoms. The Balaban J connectivity index is 1.75. The topological polar surface area (TPSA) is 15.3 Å². The van der Waals surface area contributed by atoms with Crippen molar-refractivity contribution in [3.63, 3.8) is 0 Å². The quantitative estimate of drug-likeness (QED) is 0.862. The first kappa shape index (κ1) is 12.5. The molecule has 0 radical (unpaired) electrons.